The maximum absolute atomic E-state index is 12.7. The number of ether oxygens (including phenoxy) is 2. The van der Waals surface area contributed by atoms with Crippen LogP contribution >= 0.6 is 0 Å². The molecule has 0 radical (unpaired) electrons. The lowest BCUT2D eigenvalue weighted by atomic mass is 10.2. The number of halogens is 4. The number of hydrogen-bond donors (Lipinski definition) is 0. The molecule has 1 aliphatic heterocycles. The lowest BCUT2D eigenvalue weighted by Crippen LogP contribution is -2.52. The number of alkyl halides is 4. The molecule has 0 spiro atoms. The van der Waals surface area contributed by atoms with Gasteiger partial charge in [-0.3, -0.25) is 0 Å². The summed E-state index contributed by atoms with van der Waals surface area (Å²) in [6.07, 6.45) is -8.04. The third-order valence-electron chi connectivity index (χ3n) is 1.91. The Bertz CT molecular complexity index is 419. The van der Waals surface area contributed by atoms with Gasteiger partial charge >= 0.3 is 12.2 Å². The molecule has 0 saturated heterocycles. The average molecular weight is 266 g/mol. The highest BCUT2D eigenvalue weighted by Gasteiger charge is 2.65. The lowest BCUT2D eigenvalue weighted by molar-refractivity contribution is -0.391. The number of fused-ring (bicyclic) bond motifs is 1. The molecule has 0 aliphatic carbocycles. The Kier molecular flexibility index (Phi) is 4.09. The molecular formula is C12H14F4O2. The largest absolute Gasteiger partial charge is 0.507 e. The molecule has 0 amide bonds. The van der Waals surface area contributed by atoms with E-state index in [1.807, 2.05) is 0 Å². The summed E-state index contributed by atoms with van der Waals surface area (Å²) in [6.45, 7) is 5.87. The quantitative estimate of drug-likeness (QED) is 0.649. The van der Waals surface area contributed by atoms with Crippen LogP contribution in [0.5, 0.6) is 11.5 Å². The Hall–Kier alpha value is -1.46. The van der Waals surface area contributed by atoms with E-state index in [1.165, 1.54) is 18.6 Å². The zero-order chi connectivity index (χ0) is 14.0. The van der Waals surface area contributed by atoms with E-state index >= 15 is 0 Å². The SMILES string of the molecule is CCC.Cc1ccc2c(c1)OC(F)(F)C(F)(F)O2. The monoisotopic (exact) mass is 266 g/mol. The van der Waals surface area contributed by atoms with Crippen molar-refractivity contribution in [1.29, 1.82) is 0 Å². The van der Waals surface area contributed by atoms with Gasteiger partial charge in [-0.25, -0.2) is 0 Å². The molecule has 1 heterocycles. The van der Waals surface area contributed by atoms with Gasteiger partial charge in [-0.15, -0.1) is 0 Å². The molecule has 0 saturated carbocycles. The third kappa shape index (κ3) is 2.86. The minimum Gasteiger partial charge on any atom is -0.421 e. The molecular weight excluding hydrogens is 252 g/mol. The summed E-state index contributed by atoms with van der Waals surface area (Å²) in [7, 11) is 0. The van der Waals surface area contributed by atoms with Crippen molar-refractivity contribution in [2.24, 2.45) is 0 Å². The highest BCUT2D eigenvalue weighted by atomic mass is 19.3. The van der Waals surface area contributed by atoms with E-state index in [0.717, 1.165) is 6.07 Å². The zero-order valence-electron chi connectivity index (χ0n) is 10.3. The Balaban J connectivity index is 0.000000492. The fourth-order valence-corrected chi connectivity index (χ4v) is 1.17. The second-order valence-corrected chi connectivity index (χ2v) is 3.89. The van der Waals surface area contributed by atoms with Crippen LogP contribution in [0.1, 0.15) is 25.8 Å². The Morgan fingerprint density at radius 1 is 0.944 bits per heavy atom. The van der Waals surface area contributed by atoms with E-state index in [2.05, 4.69) is 23.3 Å². The maximum atomic E-state index is 12.7. The molecule has 0 atom stereocenters. The van der Waals surface area contributed by atoms with Gasteiger partial charge in [0.15, 0.2) is 11.5 Å². The molecule has 102 valence electrons. The van der Waals surface area contributed by atoms with E-state index in [4.69, 9.17) is 0 Å². The molecule has 0 fully saturated rings. The van der Waals surface area contributed by atoms with Gasteiger partial charge in [-0.1, -0.05) is 26.3 Å². The molecule has 0 N–H and O–H groups in total. The number of benzene rings is 1. The molecule has 1 aromatic carbocycles. The van der Waals surface area contributed by atoms with Gasteiger partial charge in [-0.05, 0) is 24.6 Å². The van der Waals surface area contributed by atoms with Crippen molar-refractivity contribution < 1.29 is 27.0 Å². The van der Waals surface area contributed by atoms with Gasteiger partial charge in [0.1, 0.15) is 0 Å². The summed E-state index contributed by atoms with van der Waals surface area (Å²) in [5, 5.41) is 0. The van der Waals surface area contributed by atoms with Crippen LogP contribution in [0.2, 0.25) is 0 Å². The van der Waals surface area contributed by atoms with E-state index in [-0.39, 0.29) is 5.75 Å². The first-order chi connectivity index (χ1) is 8.23. The summed E-state index contributed by atoms with van der Waals surface area (Å²) < 4.78 is 58.5. The molecule has 1 aromatic rings. The van der Waals surface area contributed by atoms with Gasteiger partial charge in [0.2, 0.25) is 0 Å². The minimum absolute atomic E-state index is 0.383. The first kappa shape index (κ1) is 14.6. The van der Waals surface area contributed by atoms with Gasteiger partial charge in [0.25, 0.3) is 0 Å². The van der Waals surface area contributed by atoms with Crippen LogP contribution < -0.4 is 9.47 Å². The van der Waals surface area contributed by atoms with Crippen molar-refractivity contribution >= 4 is 0 Å². The van der Waals surface area contributed by atoms with E-state index in [1.54, 1.807) is 6.92 Å². The minimum atomic E-state index is -4.65. The van der Waals surface area contributed by atoms with E-state index in [0.29, 0.717) is 5.56 Å². The van der Waals surface area contributed by atoms with Crippen LogP contribution in [0.3, 0.4) is 0 Å². The number of aryl methyl sites for hydroxylation is 1. The van der Waals surface area contributed by atoms with Crippen molar-refractivity contribution in [2.45, 2.75) is 39.4 Å². The van der Waals surface area contributed by atoms with Crippen molar-refractivity contribution in [3.8, 4) is 11.5 Å². The summed E-state index contributed by atoms with van der Waals surface area (Å²) in [5.41, 5.74) is 0.610. The molecule has 2 nitrogen and oxygen atoms in total. The van der Waals surface area contributed by atoms with Gasteiger partial charge in [0.05, 0.1) is 0 Å². The zero-order valence-corrected chi connectivity index (χ0v) is 10.3. The van der Waals surface area contributed by atoms with Crippen LogP contribution in [0.15, 0.2) is 18.2 Å². The molecule has 18 heavy (non-hydrogen) atoms. The fourth-order valence-electron chi connectivity index (χ4n) is 1.17. The summed E-state index contributed by atoms with van der Waals surface area (Å²) in [6, 6.07) is 3.83. The standard InChI is InChI=1S/C9H6F4O2.C3H8/c1-5-2-3-6-7(4-5)15-9(12,13)8(10,11)14-6;1-3-2/h2-4H,1H3;3H2,1-2H3. The average Bonchev–Trinajstić information content (AvgIpc) is 2.21. The Labute approximate surface area is 103 Å². The predicted octanol–water partition coefficient (Wildman–Crippen LogP) is 4.37. The van der Waals surface area contributed by atoms with Crippen molar-refractivity contribution in [3.05, 3.63) is 23.8 Å². The highest BCUT2D eigenvalue weighted by Crippen LogP contribution is 2.46. The van der Waals surface area contributed by atoms with Crippen LogP contribution in [0.4, 0.5) is 17.6 Å². The molecule has 1 aliphatic rings. The second kappa shape index (κ2) is 5.04. The van der Waals surface area contributed by atoms with E-state index in [9.17, 15) is 17.6 Å². The van der Waals surface area contributed by atoms with Crippen molar-refractivity contribution in [2.75, 3.05) is 0 Å². The molecule has 6 heteroatoms. The van der Waals surface area contributed by atoms with Crippen LogP contribution in [0, 0.1) is 6.92 Å². The van der Waals surface area contributed by atoms with Gasteiger partial charge < -0.3 is 9.47 Å². The molecule has 0 bridgehead atoms. The van der Waals surface area contributed by atoms with Crippen molar-refractivity contribution in [3.63, 3.8) is 0 Å². The smallest absolute Gasteiger partial charge is 0.421 e. The molecule has 2 rings (SSSR count). The Morgan fingerprint density at radius 3 is 1.89 bits per heavy atom. The number of hydrogen-bond acceptors (Lipinski definition) is 2. The first-order valence-corrected chi connectivity index (χ1v) is 5.47. The summed E-state index contributed by atoms with van der Waals surface area (Å²) >= 11 is 0. The van der Waals surface area contributed by atoms with E-state index < -0.39 is 18.0 Å². The van der Waals surface area contributed by atoms with Gasteiger partial charge in [0, 0.05) is 0 Å². The predicted molar refractivity (Wildman–Crippen MR) is 58.3 cm³/mol. The van der Waals surface area contributed by atoms with Gasteiger partial charge in [-0.2, -0.15) is 17.6 Å². The topological polar surface area (TPSA) is 18.5 Å². The Morgan fingerprint density at radius 2 is 1.39 bits per heavy atom. The third-order valence-corrected chi connectivity index (χ3v) is 1.91. The molecule has 0 unspecified atom stereocenters. The van der Waals surface area contributed by atoms with Crippen LogP contribution in [0.25, 0.3) is 0 Å². The number of rotatable bonds is 0. The lowest BCUT2D eigenvalue weighted by Gasteiger charge is -2.31. The second-order valence-electron chi connectivity index (χ2n) is 3.89. The summed E-state index contributed by atoms with van der Waals surface area (Å²) in [5.74, 6) is -0.776. The van der Waals surface area contributed by atoms with Crippen molar-refractivity contribution in [1.82, 2.24) is 0 Å². The summed E-state index contributed by atoms with van der Waals surface area (Å²) in [4.78, 5) is 0. The maximum Gasteiger partial charge on any atom is 0.507 e. The molecule has 0 aromatic heterocycles. The normalized spacial score (nSPS) is 18.6. The fraction of sp³-hybridized carbons (Fsp3) is 0.500. The van der Waals surface area contributed by atoms with Crippen LogP contribution in [-0.4, -0.2) is 12.2 Å². The highest BCUT2D eigenvalue weighted by molar-refractivity contribution is 5.44. The van der Waals surface area contributed by atoms with Crippen LogP contribution in [-0.2, 0) is 0 Å². The first-order valence-electron chi connectivity index (χ1n) is 5.47.